The van der Waals surface area contributed by atoms with Gasteiger partial charge in [-0.1, -0.05) is 117 Å². The quantitative estimate of drug-likeness (QED) is 0.137. The molecule has 33 heavy (non-hydrogen) atoms. The lowest BCUT2D eigenvalue weighted by Crippen LogP contribution is -2.27. The molecule has 0 radical (unpaired) electrons. The average molecular weight is 466 g/mol. The zero-order valence-electron chi connectivity index (χ0n) is 22.1. The Hall–Kier alpha value is -1.06. The van der Waals surface area contributed by atoms with Crippen LogP contribution in [0.15, 0.2) is 0 Å². The Labute approximate surface area is 205 Å². The molecule has 1 rings (SSSR count). The highest BCUT2D eigenvalue weighted by molar-refractivity contribution is 5.81. The minimum absolute atomic E-state index is 0.0232. The fraction of sp³-hybridized carbons (Fsp3) is 0.931. The highest BCUT2D eigenvalue weighted by Gasteiger charge is 2.22. The topological polar surface area (TPSA) is 55.4 Å². The van der Waals surface area contributed by atoms with Gasteiger partial charge in [0.25, 0.3) is 0 Å². The summed E-state index contributed by atoms with van der Waals surface area (Å²) in [4.78, 5) is 23.9. The Kier molecular flexibility index (Phi) is 19.5. The molecule has 1 aliphatic rings. The lowest BCUT2D eigenvalue weighted by molar-refractivity contribution is -0.152. The van der Waals surface area contributed by atoms with Crippen molar-refractivity contribution >= 4 is 11.9 Å². The van der Waals surface area contributed by atoms with Crippen molar-refractivity contribution in [3.63, 3.8) is 0 Å². The molecule has 1 N–H and O–H groups in total. The van der Waals surface area contributed by atoms with Crippen LogP contribution < -0.4 is 5.32 Å². The molecule has 0 aromatic heterocycles. The first-order valence-corrected chi connectivity index (χ1v) is 14.6. The number of carbonyl (C=O) groups excluding carboxylic acids is 2. The van der Waals surface area contributed by atoms with Gasteiger partial charge in [-0.2, -0.15) is 0 Å². The molecule has 2 atom stereocenters. The normalized spacial score (nSPS) is 18.2. The van der Waals surface area contributed by atoms with Crippen LogP contribution in [0.4, 0.5) is 0 Å². The summed E-state index contributed by atoms with van der Waals surface area (Å²) < 4.78 is 5.53. The lowest BCUT2D eigenvalue weighted by atomic mass is 9.89. The van der Waals surface area contributed by atoms with Gasteiger partial charge in [-0.05, 0) is 31.6 Å². The number of amides is 1. The number of ether oxygens (including phenoxy) is 1. The number of hydrogen-bond acceptors (Lipinski definition) is 3. The third kappa shape index (κ3) is 19.0. The molecule has 1 fully saturated rings. The first kappa shape index (κ1) is 30.0. The summed E-state index contributed by atoms with van der Waals surface area (Å²) in [5, 5.41) is 2.95. The van der Waals surface area contributed by atoms with E-state index < -0.39 is 0 Å². The van der Waals surface area contributed by atoms with Gasteiger partial charge in [0.1, 0.15) is 6.10 Å². The summed E-state index contributed by atoms with van der Waals surface area (Å²) in [7, 11) is 0. The number of nitrogens with one attached hydrogen (secondary N) is 1. The van der Waals surface area contributed by atoms with Crippen molar-refractivity contribution in [2.24, 2.45) is 5.92 Å². The molecule has 1 aliphatic carbocycles. The van der Waals surface area contributed by atoms with Crippen LogP contribution in [0.2, 0.25) is 0 Å². The Morgan fingerprint density at radius 1 is 0.727 bits per heavy atom. The Bertz CT molecular complexity index is 479. The number of carbonyl (C=O) groups is 2. The molecule has 194 valence electrons. The molecule has 1 amide bonds. The molecular formula is C29H55NO3. The summed E-state index contributed by atoms with van der Waals surface area (Å²) in [6.45, 7) is 5.22. The van der Waals surface area contributed by atoms with Gasteiger partial charge in [0.05, 0.1) is 6.42 Å². The van der Waals surface area contributed by atoms with Crippen LogP contribution in [0.3, 0.4) is 0 Å². The molecule has 4 nitrogen and oxygen atoms in total. The predicted molar refractivity (Wildman–Crippen MR) is 139 cm³/mol. The van der Waals surface area contributed by atoms with Gasteiger partial charge in [0.2, 0.25) is 5.91 Å². The van der Waals surface area contributed by atoms with Crippen LogP contribution in [0.1, 0.15) is 155 Å². The molecule has 0 bridgehead atoms. The second-order valence-corrected chi connectivity index (χ2v) is 10.5. The van der Waals surface area contributed by atoms with Crippen LogP contribution in [0, 0.1) is 5.92 Å². The first-order valence-electron chi connectivity index (χ1n) is 14.6. The van der Waals surface area contributed by atoms with Crippen molar-refractivity contribution in [1.29, 1.82) is 0 Å². The van der Waals surface area contributed by atoms with Crippen molar-refractivity contribution < 1.29 is 14.3 Å². The van der Waals surface area contributed by atoms with Gasteiger partial charge in [-0.3, -0.25) is 9.59 Å². The Balaban J connectivity index is 1.79. The molecular weight excluding hydrogens is 410 g/mol. The summed E-state index contributed by atoms with van der Waals surface area (Å²) >= 11 is 0. The van der Waals surface area contributed by atoms with Gasteiger partial charge in [0, 0.05) is 13.0 Å². The van der Waals surface area contributed by atoms with Gasteiger partial charge in [-0.25, -0.2) is 0 Å². The van der Waals surface area contributed by atoms with Crippen molar-refractivity contribution in [2.45, 2.75) is 161 Å². The highest BCUT2D eigenvalue weighted by Crippen LogP contribution is 2.26. The molecule has 0 saturated heterocycles. The summed E-state index contributed by atoms with van der Waals surface area (Å²) in [5.41, 5.74) is 0. The van der Waals surface area contributed by atoms with E-state index >= 15 is 0 Å². The molecule has 0 spiro atoms. The maximum atomic E-state index is 12.0. The van der Waals surface area contributed by atoms with Crippen LogP contribution in [0.5, 0.6) is 0 Å². The van der Waals surface area contributed by atoms with E-state index in [1.165, 1.54) is 103 Å². The third-order valence-electron chi connectivity index (χ3n) is 7.10. The van der Waals surface area contributed by atoms with E-state index in [0.29, 0.717) is 5.92 Å². The van der Waals surface area contributed by atoms with Crippen molar-refractivity contribution in [2.75, 3.05) is 6.54 Å². The van der Waals surface area contributed by atoms with Gasteiger partial charge < -0.3 is 10.1 Å². The minimum atomic E-state index is -0.216. The van der Waals surface area contributed by atoms with Crippen molar-refractivity contribution in [1.82, 2.24) is 5.32 Å². The predicted octanol–water partition coefficient (Wildman–Crippen LogP) is 8.27. The fourth-order valence-electron chi connectivity index (χ4n) is 4.94. The smallest absolute Gasteiger partial charge is 0.306 e. The number of unbranched alkanes of at least 4 members (excludes halogenated alkanes) is 15. The maximum Gasteiger partial charge on any atom is 0.306 e. The van der Waals surface area contributed by atoms with Crippen LogP contribution in [0.25, 0.3) is 0 Å². The van der Waals surface area contributed by atoms with E-state index in [0.717, 1.165) is 32.2 Å². The lowest BCUT2D eigenvalue weighted by Gasteiger charge is -2.26. The third-order valence-corrected chi connectivity index (χ3v) is 7.10. The number of hydrogen-bond donors (Lipinski definition) is 1. The second-order valence-electron chi connectivity index (χ2n) is 10.5. The molecule has 0 unspecified atom stereocenters. The Morgan fingerprint density at radius 3 is 1.76 bits per heavy atom. The summed E-state index contributed by atoms with van der Waals surface area (Å²) in [5.74, 6) is 0.399. The largest absolute Gasteiger partial charge is 0.462 e. The summed E-state index contributed by atoms with van der Waals surface area (Å²) in [6.07, 6.45) is 26.5. The van der Waals surface area contributed by atoms with Crippen LogP contribution in [-0.4, -0.2) is 24.5 Å². The van der Waals surface area contributed by atoms with Crippen molar-refractivity contribution in [3.8, 4) is 0 Å². The van der Waals surface area contributed by atoms with E-state index in [1.807, 2.05) is 0 Å². The van der Waals surface area contributed by atoms with Crippen LogP contribution in [-0.2, 0) is 14.3 Å². The van der Waals surface area contributed by atoms with Gasteiger partial charge in [0.15, 0.2) is 0 Å². The first-order chi connectivity index (χ1) is 16.1. The SMILES string of the molecule is CCCCCCCCCCCCCCCCCCNC(=O)CCC(=O)O[C@H]1CCC[C@H](C)C1. The molecule has 0 aromatic rings. The minimum Gasteiger partial charge on any atom is -0.462 e. The van der Waals surface area contributed by atoms with E-state index in [-0.39, 0.29) is 30.8 Å². The van der Waals surface area contributed by atoms with Crippen molar-refractivity contribution in [3.05, 3.63) is 0 Å². The zero-order chi connectivity index (χ0) is 24.0. The van der Waals surface area contributed by atoms with E-state index in [2.05, 4.69) is 19.2 Å². The van der Waals surface area contributed by atoms with E-state index in [1.54, 1.807) is 0 Å². The molecule has 4 heteroatoms. The number of rotatable bonds is 21. The average Bonchev–Trinajstić information content (AvgIpc) is 2.79. The zero-order valence-corrected chi connectivity index (χ0v) is 22.1. The monoisotopic (exact) mass is 465 g/mol. The molecule has 0 heterocycles. The van der Waals surface area contributed by atoms with Crippen LogP contribution >= 0.6 is 0 Å². The van der Waals surface area contributed by atoms with Gasteiger partial charge in [-0.15, -0.1) is 0 Å². The summed E-state index contributed by atoms with van der Waals surface area (Å²) in [6, 6.07) is 0. The maximum absolute atomic E-state index is 12.0. The Morgan fingerprint density at radius 2 is 1.24 bits per heavy atom. The molecule has 1 saturated carbocycles. The van der Waals surface area contributed by atoms with E-state index in [4.69, 9.17) is 4.74 Å². The standard InChI is InChI=1S/C29H55NO3/c1-3-4-5-6-7-8-9-10-11-12-13-14-15-16-17-18-24-30-28(31)22-23-29(32)33-27-21-19-20-26(2)25-27/h26-27H,3-25H2,1-2H3,(H,30,31)/t26-,27-/m0/s1. The van der Waals surface area contributed by atoms with E-state index in [9.17, 15) is 9.59 Å². The molecule has 0 aliphatic heterocycles. The highest BCUT2D eigenvalue weighted by atomic mass is 16.5. The fourth-order valence-corrected chi connectivity index (χ4v) is 4.94. The van der Waals surface area contributed by atoms with Gasteiger partial charge >= 0.3 is 5.97 Å². The molecule has 0 aromatic carbocycles. The number of esters is 1. The second kappa shape index (κ2) is 21.5.